The fourth-order valence-electron chi connectivity index (χ4n) is 2.23. The lowest BCUT2D eigenvalue weighted by Gasteiger charge is -2.13. The van der Waals surface area contributed by atoms with Gasteiger partial charge in [-0.1, -0.05) is 6.07 Å². The van der Waals surface area contributed by atoms with Gasteiger partial charge in [0, 0.05) is 33.6 Å². The smallest absolute Gasteiger partial charge is 0.151 e. The molecule has 0 bridgehead atoms. The first-order valence-corrected chi connectivity index (χ1v) is 8.31. The summed E-state index contributed by atoms with van der Waals surface area (Å²) in [6.07, 6.45) is 3.06. The van der Waals surface area contributed by atoms with E-state index in [4.69, 9.17) is 0 Å². The standard InChI is InChI=1S/C16H13FN2O2S2/c1-9-12(17)3-2-4-13(9)19-23(21)15-7-14(22)16(20)10-5-6-18-8-11(10)15/h2-8,19-20,22H,1H3. The average molecular weight is 348 g/mol. The summed E-state index contributed by atoms with van der Waals surface area (Å²) in [5.74, 6) is -0.368. The van der Waals surface area contributed by atoms with Crippen molar-refractivity contribution < 1.29 is 13.7 Å². The number of rotatable bonds is 3. The number of hydrogen-bond donors (Lipinski definition) is 3. The lowest BCUT2D eigenvalue weighted by molar-refractivity contribution is 0.469. The molecule has 4 nitrogen and oxygen atoms in total. The molecule has 1 aromatic heterocycles. The lowest BCUT2D eigenvalue weighted by atomic mass is 10.1. The largest absolute Gasteiger partial charge is 0.506 e. The Hall–Kier alpha value is -2.12. The van der Waals surface area contributed by atoms with Gasteiger partial charge in [-0.2, -0.15) is 0 Å². The van der Waals surface area contributed by atoms with Gasteiger partial charge in [0.15, 0.2) is 11.0 Å². The Balaban J connectivity index is 2.08. The monoisotopic (exact) mass is 348 g/mol. The van der Waals surface area contributed by atoms with Crippen LogP contribution in [-0.2, 0) is 11.0 Å². The number of phenols is 1. The summed E-state index contributed by atoms with van der Waals surface area (Å²) >= 11 is 4.21. The van der Waals surface area contributed by atoms with Gasteiger partial charge in [-0.05, 0) is 31.2 Å². The predicted octanol–water partition coefficient (Wildman–Crippen LogP) is 3.81. The van der Waals surface area contributed by atoms with Crippen LogP contribution in [0.2, 0.25) is 0 Å². The van der Waals surface area contributed by atoms with Crippen LogP contribution in [-0.4, -0.2) is 14.3 Å². The lowest BCUT2D eigenvalue weighted by Crippen LogP contribution is -2.07. The Morgan fingerprint density at radius 3 is 2.87 bits per heavy atom. The molecule has 0 radical (unpaired) electrons. The molecule has 1 atom stereocenters. The zero-order valence-corrected chi connectivity index (χ0v) is 13.8. The predicted molar refractivity (Wildman–Crippen MR) is 91.8 cm³/mol. The van der Waals surface area contributed by atoms with Gasteiger partial charge >= 0.3 is 0 Å². The van der Waals surface area contributed by atoms with Crippen molar-refractivity contribution in [3.8, 4) is 5.75 Å². The Morgan fingerprint density at radius 2 is 2.09 bits per heavy atom. The number of nitrogens with one attached hydrogen (secondary N) is 1. The second-order valence-corrected chi connectivity index (χ2v) is 6.61. The van der Waals surface area contributed by atoms with E-state index in [1.54, 1.807) is 25.1 Å². The SMILES string of the molecule is Cc1c(F)cccc1NS(=O)c1cc(S)c(O)c2ccncc12. The molecule has 2 N–H and O–H groups in total. The molecule has 7 heteroatoms. The van der Waals surface area contributed by atoms with Gasteiger partial charge in [0.05, 0.1) is 10.6 Å². The molecule has 0 fully saturated rings. The number of benzene rings is 2. The fraction of sp³-hybridized carbons (Fsp3) is 0.0625. The molecule has 1 heterocycles. The first kappa shape index (κ1) is 15.8. The molecule has 0 aliphatic rings. The summed E-state index contributed by atoms with van der Waals surface area (Å²) in [6, 6.07) is 7.68. The maximum atomic E-state index is 13.6. The maximum Gasteiger partial charge on any atom is 0.151 e. The van der Waals surface area contributed by atoms with Crippen LogP contribution < -0.4 is 4.72 Å². The van der Waals surface area contributed by atoms with Gasteiger partial charge in [-0.3, -0.25) is 4.98 Å². The molecule has 2 aromatic carbocycles. The first-order chi connectivity index (χ1) is 11.0. The number of anilines is 1. The summed E-state index contributed by atoms with van der Waals surface area (Å²) in [5, 5.41) is 11.1. The van der Waals surface area contributed by atoms with Crippen LogP contribution in [0.3, 0.4) is 0 Å². The zero-order valence-electron chi connectivity index (χ0n) is 12.1. The van der Waals surface area contributed by atoms with Crippen LogP contribution in [0.1, 0.15) is 5.56 Å². The number of nitrogens with zero attached hydrogens (tertiary/aromatic N) is 1. The highest BCUT2D eigenvalue weighted by Crippen LogP contribution is 2.35. The summed E-state index contributed by atoms with van der Waals surface area (Å²) in [6.45, 7) is 1.61. The van der Waals surface area contributed by atoms with E-state index in [9.17, 15) is 13.7 Å². The van der Waals surface area contributed by atoms with Crippen molar-refractivity contribution in [1.29, 1.82) is 0 Å². The molecule has 0 spiro atoms. The summed E-state index contributed by atoms with van der Waals surface area (Å²) in [4.78, 5) is 4.73. The number of thiol groups is 1. The van der Waals surface area contributed by atoms with E-state index in [0.29, 0.717) is 31.8 Å². The Morgan fingerprint density at radius 1 is 1.30 bits per heavy atom. The normalized spacial score (nSPS) is 12.3. The number of fused-ring (bicyclic) bond motifs is 1. The Kier molecular flexibility index (Phi) is 4.23. The van der Waals surface area contributed by atoms with Crippen molar-refractivity contribution >= 4 is 40.1 Å². The average Bonchev–Trinajstić information content (AvgIpc) is 2.55. The van der Waals surface area contributed by atoms with Crippen LogP contribution in [0, 0.1) is 12.7 Å². The topological polar surface area (TPSA) is 62.2 Å². The van der Waals surface area contributed by atoms with Gasteiger partial charge in [0.25, 0.3) is 0 Å². The molecular formula is C16H13FN2O2S2. The summed E-state index contributed by atoms with van der Waals surface area (Å²) in [7, 11) is -1.66. The number of phenolic OH excluding ortho intramolecular Hbond substituents is 1. The van der Waals surface area contributed by atoms with Crippen molar-refractivity contribution in [3.05, 3.63) is 54.1 Å². The van der Waals surface area contributed by atoms with E-state index in [-0.39, 0.29) is 11.6 Å². The minimum Gasteiger partial charge on any atom is -0.506 e. The molecular weight excluding hydrogens is 335 g/mol. The van der Waals surface area contributed by atoms with E-state index < -0.39 is 11.0 Å². The van der Waals surface area contributed by atoms with Crippen LogP contribution >= 0.6 is 12.6 Å². The van der Waals surface area contributed by atoms with E-state index in [1.165, 1.54) is 24.5 Å². The fourth-order valence-corrected chi connectivity index (χ4v) is 3.69. The second kappa shape index (κ2) is 6.17. The third kappa shape index (κ3) is 2.89. The number of pyridine rings is 1. The van der Waals surface area contributed by atoms with Crippen LogP contribution in [0.25, 0.3) is 10.8 Å². The minimum absolute atomic E-state index is 0.00780. The van der Waals surface area contributed by atoms with Crippen LogP contribution in [0.15, 0.2) is 52.5 Å². The van der Waals surface area contributed by atoms with Crippen LogP contribution in [0.4, 0.5) is 10.1 Å². The van der Waals surface area contributed by atoms with Crippen LogP contribution in [0.5, 0.6) is 5.75 Å². The van der Waals surface area contributed by atoms with Gasteiger partial charge in [0.2, 0.25) is 0 Å². The van der Waals surface area contributed by atoms with E-state index in [0.717, 1.165) is 0 Å². The molecule has 23 heavy (non-hydrogen) atoms. The molecule has 0 aliphatic carbocycles. The second-order valence-electron chi connectivity index (χ2n) is 4.95. The number of aromatic hydroxyl groups is 1. The highest BCUT2D eigenvalue weighted by molar-refractivity contribution is 7.86. The van der Waals surface area contributed by atoms with Gasteiger partial charge < -0.3 is 9.83 Å². The molecule has 118 valence electrons. The van der Waals surface area contributed by atoms with Gasteiger partial charge in [-0.15, -0.1) is 12.6 Å². The van der Waals surface area contributed by atoms with Gasteiger partial charge in [-0.25, -0.2) is 8.60 Å². The minimum atomic E-state index is -1.66. The maximum absolute atomic E-state index is 13.6. The third-order valence-electron chi connectivity index (χ3n) is 3.52. The summed E-state index contributed by atoms with van der Waals surface area (Å²) in [5.41, 5.74) is 0.822. The zero-order chi connectivity index (χ0) is 16.6. The third-order valence-corrected chi connectivity index (χ3v) is 5.01. The van der Waals surface area contributed by atoms with E-state index >= 15 is 0 Å². The summed E-state index contributed by atoms with van der Waals surface area (Å²) < 4.78 is 29.1. The van der Waals surface area contributed by atoms with Crippen molar-refractivity contribution in [2.45, 2.75) is 16.7 Å². The Labute approximate surface area is 140 Å². The first-order valence-electron chi connectivity index (χ1n) is 6.71. The molecule has 0 amide bonds. The molecule has 0 saturated carbocycles. The van der Waals surface area contributed by atoms with Gasteiger partial charge in [0.1, 0.15) is 11.6 Å². The van der Waals surface area contributed by atoms with E-state index in [2.05, 4.69) is 22.3 Å². The van der Waals surface area contributed by atoms with Crippen molar-refractivity contribution in [1.82, 2.24) is 4.98 Å². The van der Waals surface area contributed by atoms with Crippen molar-refractivity contribution in [2.24, 2.45) is 0 Å². The van der Waals surface area contributed by atoms with Crippen molar-refractivity contribution in [2.75, 3.05) is 4.72 Å². The molecule has 0 saturated heterocycles. The quantitative estimate of drug-likeness (QED) is 0.631. The highest BCUT2D eigenvalue weighted by Gasteiger charge is 2.15. The Bertz CT molecular complexity index is 931. The number of aromatic nitrogens is 1. The highest BCUT2D eigenvalue weighted by atomic mass is 32.2. The number of halogens is 1. The molecule has 3 rings (SSSR count). The van der Waals surface area contributed by atoms with E-state index in [1.807, 2.05) is 0 Å². The molecule has 1 unspecified atom stereocenters. The molecule has 0 aliphatic heterocycles. The van der Waals surface area contributed by atoms with Crippen molar-refractivity contribution in [3.63, 3.8) is 0 Å². The number of hydrogen-bond acceptors (Lipinski definition) is 4. The molecule has 3 aromatic rings.